The van der Waals surface area contributed by atoms with Gasteiger partial charge in [-0.3, -0.25) is 19.1 Å². The van der Waals surface area contributed by atoms with E-state index >= 15 is 0 Å². The summed E-state index contributed by atoms with van der Waals surface area (Å²) in [6.07, 6.45) is 1.46. The molecule has 3 N–H and O–H groups in total. The van der Waals surface area contributed by atoms with E-state index in [1.54, 1.807) is 18.2 Å². The Kier molecular flexibility index (Phi) is 7.93. The summed E-state index contributed by atoms with van der Waals surface area (Å²) in [6.45, 7) is 6.42. The van der Waals surface area contributed by atoms with Crippen LogP contribution in [0.3, 0.4) is 0 Å². The van der Waals surface area contributed by atoms with Crippen LogP contribution in [-0.4, -0.2) is 22.0 Å². The number of H-pyrrole nitrogens is 1. The molecule has 2 aromatic rings. The molecule has 0 aliphatic heterocycles. The number of unbranched alkanes of at least 4 members (excludes halogenated alkanes) is 1. The first kappa shape index (κ1) is 23.0. The van der Waals surface area contributed by atoms with Crippen LogP contribution in [0.2, 0.25) is 10.0 Å². The van der Waals surface area contributed by atoms with Gasteiger partial charge < -0.3 is 10.6 Å². The van der Waals surface area contributed by atoms with Crippen molar-refractivity contribution in [2.24, 2.45) is 5.92 Å². The molecule has 0 fully saturated rings. The molecule has 0 unspecified atom stereocenters. The highest BCUT2D eigenvalue weighted by Crippen LogP contribution is 2.27. The summed E-state index contributed by atoms with van der Waals surface area (Å²) in [5.41, 5.74) is 5.36. The first-order chi connectivity index (χ1) is 13.7. The highest BCUT2D eigenvalue weighted by molar-refractivity contribution is 6.36. The van der Waals surface area contributed by atoms with E-state index in [9.17, 15) is 14.4 Å². The molecule has 1 amide bonds. The average molecular weight is 441 g/mol. The number of nitrogens with zero attached hydrogens (tertiary/aromatic N) is 2. The number of anilines is 2. The Morgan fingerprint density at radius 2 is 1.86 bits per heavy atom. The predicted molar refractivity (Wildman–Crippen MR) is 118 cm³/mol. The number of rotatable bonds is 8. The van der Waals surface area contributed by atoms with Crippen molar-refractivity contribution in [3.05, 3.63) is 54.6 Å². The zero-order valence-electron chi connectivity index (χ0n) is 16.8. The van der Waals surface area contributed by atoms with Crippen molar-refractivity contribution in [2.45, 2.75) is 46.6 Å². The van der Waals surface area contributed by atoms with Gasteiger partial charge in [0.2, 0.25) is 5.91 Å². The molecule has 9 heteroatoms. The van der Waals surface area contributed by atoms with Crippen LogP contribution in [0.15, 0.2) is 27.8 Å². The minimum Gasteiger partial charge on any atom is -0.383 e. The first-order valence-electron chi connectivity index (χ1n) is 9.53. The normalized spacial score (nSPS) is 11.1. The maximum atomic E-state index is 13.2. The Morgan fingerprint density at radius 3 is 2.41 bits per heavy atom. The van der Waals surface area contributed by atoms with Crippen molar-refractivity contribution in [2.75, 3.05) is 17.2 Å². The van der Waals surface area contributed by atoms with E-state index in [1.807, 2.05) is 20.8 Å². The molecule has 0 aliphatic carbocycles. The third-order valence-electron chi connectivity index (χ3n) is 4.46. The molecule has 0 saturated heterocycles. The summed E-state index contributed by atoms with van der Waals surface area (Å²) in [5, 5.41) is 0.732. The van der Waals surface area contributed by atoms with Gasteiger partial charge in [0, 0.05) is 23.1 Å². The Labute approximate surface area is 179 Å². The topological polar surface area (TPSA) is 101 Å². The highest BCUT2D eigenvalue weighted by Gasteiger charge is 2.26. The van der Waals surface area contributed by atoms with E-state index in [0.29, 0.717) is 28.6 Å². The number of aromatic nitrogens is 2. The predicted octanol–water partition coefficient (Wildman–Crippen LogP) is 3.46. The highest BCUT2D eigenvalue weighted by atomic mass is 35.5. The van der Waals surface area contributed by atoms with Crippen LogP contribution in [-0.2, 0) is 17.8 Å². The summed E-state index contributed by atoms with van der Waals surface area (Å²) in [6, 6.07) is 4.99. The number of nitrogens with two attached hydrogens (primary N) is 1. The maximum absolute atomic E-state index is 13.2. The van der Waals surface area contributed by atoms with Crippen LogP contribution < -0.4 is 21.9 Å². The first-order valence-corrected chi connectivity index (χ1v) is 10.3. The summed E-state index contributed by atoms with van der Waals surface area (Å²) in [4.78, 5) is 41.6. The smallest absolute Gasteiger partial charge is 0.330 e. The van der Waals surface area contributed by atoms with Crippen molar-refractivity contribution in [3.63, 3.8) is 0 Å². The molecule has 29 heavy (non-hydrogen) atoms. The second-order valence-corrected chi connectivity index (χ2v) is 8.09. The Bertz CT molecular complexity index is 978. The Morgan fingerprint density at radius 1 is 1.24 bits per heavy atom. The molecule has 0 radical (unpaired) electrons. The molecular weight excluding hydrogens is 415 g/mol. The molecule has 0 spiro atoms. The Hall–Kier alpha value is -2.25. The van der Waals surface area contributed by atoms with Gasteiger partial charge in [-0.05, 0) is 30.0 Å². The molecule has 0 saturated carbocycles. The molecule has 0 atom stereocenters. The third kappa shape index (κ3) is 5.42. The van der Waals surface area contributed by atoms with Gasteiger partial charge in [0.15, 0.2) is 5.69 Å². The standard InChI is InChI=1S/C20H26Cl2N4O3/c1-4-5-9-25-18(23)17(19(28)24-20(25)29)26(11-12(2)3)16(27)10-13-14(21)7-6-8-15(13)22/h6-8,12H,4-5,9-11,23H2,1-3H3,(H,24,28,29). The van der Waals surface area contributed by atoms with E-state index in [-0.39, 0.29) is 36.3 Å². The van der Waals surface area contributed by atoms with Gasteiger partial charge in [-0.2, -0.15) is 0 Å². The summed E-state index contributed by atoms with van der Waals surface area (Å²) >= 11 is 12.4. The van der Waals surface area contributed by atoms with Crippen LogP contribution in [0, 0.1) is 5.92 Å². The fourth-order valence-corrected chi connectivity index (χ4v) is 3.54. The van der Waals surface area contributed by atoms with Gasteiger partial charge in [0.25, 0.3) is 5.56 Å². The van der Waals surface area contributed by atoms with Gasteiger partial charge in [-0.15, -0.1) is 0 Å². The molecule has 1 aromatic heterocycles. The van der Waals surface area contributed by atoms with E-state index in [1.165, 1.54) is 9.47 Å². The zero-order valence-corrected chi connectivity index (χ0v) is 18.3. The number of hydrogen-bond acceptors (Lipinski definition) is 4. The minimum atomic E-state index is -0.695. The van der Waals surface area contributed by atoms with Crippen LogP contribution in [0.1, 0.15) is 39.2 Å². The van der Waals surface area contributed by atoms with Crippen molar-refractivity contribution < 1.29 is 4.79 Å². The average Bonchev–Trinajstić information content (AvgIpc) is 2.63. The lowest BCUT2D eigenvalue weighted by Gasteiger charge is -2.26. The molecule has 2 rings (SSSR count). The molecule has 158 valence electrons. The maximum Gasteiger partial charge on any atom is 0.330 e. The second kappa shape index (κ2) is 9.98. The van der Waals surface area contributed by atoms with E-state index in [2.05, 4.69) is 4.98 Å². The fourth-order valence-electron chi connectivity index (χ4n) is 3.01. The van der Waals surface area contributed by atoms with Crippen LogP contribution in [0.25, 0.3) is 0 Å². The van der Waals surface area contributed by atoms with Crippen LogP contribution in [0.5, 0.6) is 0 Å². The number of carbonyl (C=O) groups is 1. The van der Waals surface area contributed by atoms with Crippen molar-refractivity contribution in [1.29, 1.82) is 0 Å². The van der Waals surface area contributed by atoms with Gasteiger partial charge in [0.1, 0.15) is 5.82 Å². The quantitative estimate of drug-likeness (QED) is 0.655. The zero-order chi connectivity index (χ0) is 21.7. The summed E-state index contributed by atoms with van der Waals surface area (Å²) in [7, 11) is 0. The largest absolute Gasteiger partial charge is 0.383 e. The van der Waals surface area contributed by atoms with Crippen LogP contribution >= 0.6 is 23.2 Å². The number of amides is 1. The van der Waals surface area contributed by atoms with Gasteiger partial charge in [-0.25, -0.2) is 4.79 Å². The van der Waals surface area contributed by atoms with Crippen molar-refractivity contribution >= 4 is 40.6 Å². The SMILES string of the molecule is CCCCn1c(N)c(N(CC(C)C)C(=O)Cc2c(Cl)cccc2Cl)c(=O)[nH]c1=O. The lowest BCUT2D eigenvalue weighted by atomic mass is 10.1. The van der Waals surface area contributed by atoms with E-state index in [4.69, 9.17) is 28.9 Å². The minimum absolute atomic E-state index is 0.0218. The lowest BCUT2D eigenvalue weighted by molar-refractivity contribution is -0.118. The van der Waals surface area contributed by atoms with Crippen LogP contribution in [0.4, 0.5) is 11.5 Å². The summed E-state index contributed by atoms with van der Waals surface area (Å²) < 4.78 is 1.29. The number of hydrogen-bond donors (Lipinski definition) is 2. The molecule has 0 aliphatic rings. The van der Waals surface area contributed by atoms with E-state index in [0.717, 1.165) is 6.42 Å². The number of nitrogen functional groups attached to an aromatic ring is 1. The van der Waals surface area contributed by atoms with Crippen molar-refractivity contribution in [1.82, 2.24) is 9.55 Å². The third-order valence-corrected chi connectivity index (χ3v) is 5.17. The number of halogens is 2. The number of carbonyl (C=O) groups excluding carboxylic acids is 1. The Balaban J connectivity index is 2.54. The second-order valence-electron chi connectivity index (χ2n) is 7.27. The number of nitrogens with one attached hydrogen (secondary N) is 1. The van der Waals surface area contributed by atoms with E-state index < -0.39 is 11.2 Å². The molecule has 1 heterocycles. The molecular formula is C20H26Cl2N4O3. The number of aromatic amines is 1. The lowest BCUT2D eigenvalue weighted by Crippen LogP contribution is -2.43. The summed E-state index contributed by atoms with van der Waals surface area (Å²) in [5.74, 6) is -0.353. The molecule has 0 bridgehead atoms. The van der Waals surface area contributed by atoms with Gasteiger partial charge in [-0.1, -0.05) is 56.5 Å². The van der Waals surface area contributed by atoms with Gasteiger partial charge in [0.05, 0.1) is 6.42 Å². The molecule has 7 nitrogen and oxygen atoms in total. The number of benzene rings is 1. The van der Waals surface area contributed by atoms with Crippen molar-refractivity contribution in [3.8, 4) is 0 Å². The monoisotopic (exact) mass is 440 g/mol. The van der Waals surface area contributed by atoms with Gasteiger partial charge >= 0.3 is 5.69 Å². The fraction of sp³-hybridized carbons (Fsp3) is 0.450. The molecule has 1 aromatic carbocycles.